The fourth-order valence-electron chi connectivity index (χ4n) is 2.39. The second kappa shape index (κ2) is 4.67. The quantitative estimate of drug-likeness (QED) is 0.890. The van der Waals surface area contributed by atoms with E-state index in [-0.39, 0.29) is 0 Å². The number of halogens is 1. The Hall–Kier alpha value is -1.06. The zero-order valence-electron chi connectivity index (χ0n) is 9.58. The molecular weight excluding hydrogens is 236 g/mol. The second-order valence-electron chi connectivity index (χ2n) is 4.61. The summed E-state index contributed by atoms with van der Waals surface area (Å²) in [6.07, 6.45) is 3.39. The average Bonchev–Trinajstić information content (AvgIpc) is 2.74. The van der Waals surface area contributed by atoms with Crippen molar-refractivity contribution in [2.24, 2.45) is 5.92 Å². The molecule has 17 heavy (non-hydrogen) atoms. The number of rotatable bonds is 2. The van der Waals surface area contributed by atoms with Crippen molar-refractivity contribution in [3.63, 3.8) is 0 Å². The van der Waals surface area contributed by atoms with Crippen molar-refractivity contribution >= 4 is 22.7 Å². The molecule has 2 aromatic rings. The number of hydrogen-bond acceptors (Lipinski definition) is 3. The Labute approximate surface area is 105 Å². The topological polar surface area (TPSA) is 38.1 Å². The van der Waals surface area contributed by atoms with Crippen molar-refractivity contribution in [2.75, 3.05) is 13.1 Å². The van der Waals surface area contributed by atoms with Crippen LogP contribution in [0.2, 0.25) is 5.02 Å². The molecule has 1 N–H and O–H groups in total. The van der Waals surface area contributed by atoms with Gasteiger partial charge in [0.1, 0.15) is 5.52 Å². The standard InChI is InChI=1S/C13H15ClN2O/c14-10-4-1-5-11-13(10)17-12(16-11)7-9-3-2-6-15-8-9/h1,4-5,9,15H,2-3,6-8H2. The Kier molecular flexibility index (Phi) is 3.04. The zero-order valence-corrected chi connectivity index (χ0v) is 10.3. The van der Waals surface area contributed by atoms with E-state index in [9.17, 15) is 0 Å². The van der Waals surface area contributed by atoms with Crippen molar-refractivity contribution in [3.8, 4) is 0 Å². The van der Waals surface area contributed by atoms with Gasteiger partial charge in [-0.25, -0.2) is 4.98 Å². The van der Waals surface area contributed by atoms with Crippen LogP contribution in [0.15, 0.2) is 22.6 Å². The summed E-state index contributed by atoms with van der Waals surface area (Å²) in [5.41, 5.74) is 1.57. The van der Waals surface area contributed by atoms with Crippen LogP contribution >= 0.6 is 11.6 Å². The minimum absolute atomic E-state index is 0.635. The number of nitrogens with one attached hydrogen (secondary N) is 1. The van der Waals surface area contributed by atoms with Crippen LogP contribution in [0.5, 0.6) is 0 Å². The van der Waals surface area contributed by atoms with Crippen LogP contribution in [-0.2, 0) is 6.42 Å². The predicted octanol–water partition coefficient (Wildman–Crippen LogP) is 3.02. The van der Waals surface area contributed by atoms with E-state index < -0.39 is 0 Å². The van der Waals surface area contributed by atoms with Crippen molar-refractivity contribution < 1.29 is 4.42 Å². The lowest BCUT2D eigenvalue weighted by molar-refractivity contribution is 0.349. The van der Waals surface area contributed by atoms with E-state index in [1.54, 1.807) is 0 Å². The first kappa shape index (κ1) is 11.1. The molecule has 4 heteroatoms. The predicted molar refractivity (Wildman–Crippen MR) is 68.3 cm³/mol. The van der Waals surface area contributed by atoms with E-state index in [0.29, 0.717) is 16.5 Å². The number of nitrogens with zero attached hydrogens (tertiary/aromatic N) is 1. The van der Waals surface area contributed by atoms with Crippen LogP contribution < -0.4 is 5.32 Å². The summed E-state index contributed by atoms with van der Waals surface area (Å²) in [6.45, 7) is 2.20. The molecule has 1 unspecified atom stereocenters. The summed E-state index contributed by atoms with van der Waals surface area (Å²) in [5.74, 6) is 1.44. The smallest absolute Gasteiger partial charge is 0.195 e. The van der Waals surface area contributed by atoms with Crippen LogP contribution in [-0.4, -0.2) is 18.1 Å². The highest BCUT2D eigenvalue weighted by molar-refractivity contribution is 6.34. The molecule has 0 amide bonds. The van der Waals surface area contributed by atoms with Gasteiger partial charge < -0.3 is 9.73 Å². The van der Waals surface area contributed by atoms with Crippen molar-refractivity contribution in [2.45, 2.75) is 19.3 Å². The molecule has 1 aliphatic heterocycles. The molecule has 1 aromatic heterocycles. The van der Waals surface area contributed by atoms with Gasteiger partial charge in [0.05, 0.1) is 5.02 Å². The van der Waals surface area contributed by atoms with Gasteiger partial charge in [-0.3, -0.25) is 0 Å². The van der Waals surface area contributed by atoms with E-state index in [1.807, 2.05) is 18.2 Å². The largest absolute Gasteiger partial charge is 0.439 e. The average molecular weight is 251 g/mol. The highest BCUT2D eigenvalue weighted by atomic mass is 35.5. The Morgan fingerprint density at radius 2 is 2.41 bits per heavy atom. The molecule has 90 valence electrons. The number of para-hydroxylation sites is 1. The summed E-state index contributed by atoms with van der Waals surface area (Å²) in [5, 5.41) is 4.05. The Morgan fingerprint density at radius 3 is 3.18 bits per heavy atom. The monoisotopic (exact) mass is 250 g/mol. The summed E-state index contributed by atoms with van der Waals surface area (Å²) in [6, 6.07) is 5.67. The van der Waals surface area contributed by atoms with Gasteiger partial charge in [0.15, 0.2) is 11.5 Å². The van der Waals surface area contributed by atoms with Gasteiger partial charge in [0.25, 0.3) is 0 Å². The van der Waals surface area contributed by atoms with Gasteiger partial charge in [0, 0.05) is 6.42 Å². The molecule has 3 nitrogen and oxygen atoms in total. The van der Waals surface area contributed by atoms with Crippen LogP contribution in [0.3, 0.4) is 0 Å². The van der Waals surface area contributed by atoms with Gasteiger partial charge in [-0.15, -0.1) is 0 Å². The third kappa shape index (κ3) is 2.31. The molecule has 1 fully saturated rings. The molecule has 0 radical (unpaired) electrons. The Bertz CT molecular complexity index is 517. The second-order valence-corrected chi connectivity index (χ2v) is 5.02. The third-order valence-electron chi connectivity index (χ3n) is 3.27. The highest BCUT2D eigenvalue weighted by Gasteiger charge is 2.17. The van der Waals surface area contributed by atoms with E-state index >= 15 is 0 Å². The SMILES string of the molecule is Clc1cccc2nc(CC3CCCNC3)oc12. The molecule has 0 aliphatic carbocycles. The molecule has 1 aliphatic rings. The molecule has 2 heterocycles. The number of piperidine rings is 1. The molecule has 3 rings (SSSR count). The van der Waals surface area contributed by atoms with Crippen LogP contribution in [0.1, 0.15) is 18.7 Å². The van der Waals surface area contributed by atoms with Gasteiger partial charge in [-0.1, -0.05) is 17.7 Å². The minimum Gasteiger partial charge on any atom is -0.439 e. The molecule has 0 saturated carbocycles. The minimum atomic E-state index is 0.635. The molecule has 1 atom stereocenters. The molecule has 0 spiro atoms. The van der Waals surface area contributed by atoms with Crippen molar-refractivity contribution in [3.05, 3.63) is 29.1 Å². The van der Waals surface area contributed by atoms with E-state index in [4.69, 9.17) is 16.0 Å². The first-order valence-electron chi connectivity index (χ1n) is 6.07. The van der Waals surface area contributed by atoms with Gasteiger partial charge in [0.2, 0.25) is 0 Å². The Morgan fingerprint density at radius 1 is 1.47 bits per heavy atom. The first-order chi connectivity index (χ1) is 8.33. The third-order valence-corrected chi connectivity index (χ3v) is 3.57. The van der Waals surface area contributed by atoms with Crippen LogP contribution in [0, 0.1) is 5.92 Å². The summed E-state index contributed by atoms with van der Waals surface area (Å²) < 4.78 is 5.73. The van der Waals surface area contributed by atoms with Crippen LogP contribution in [0.4, 0.5) is 0 Å². The number of hydrogen-bond donors (Lipinski definition) is 1. The van der Waals surface area contributed by atoms with Gasteiger partial charge in [-0.05, 0) is 44.0 Å². The number of fused-ring (bicyclic) bond motifs is 1. The maximum Gasteiger partial charge on any atom is 0.195 e. The fourth-order valence-corrected chi connectivity index (χ4v) is 2.60. The maximum atomic E-state index is 6.07. The summed E-state index contributed by atoms with van der Waals surface area (Å²) in [7, 11) is 0. The lowest BCUT2D eigenvalue weighted by Crippen LogP contribution is -2.30. The lowest BCUT2D eigenvalue weighted by Gasteiger charge is -2.21. The molecule has 1 saturated heterocycles. The van der Waals surface area contributed by atoms with E-state index in [0.717, 1.165) is 30.9 Å². The van der Waals surface area contributed by atoms with Gasteiger partial charge in [-0.2, -0.15) is 0 Å². The number of aromatic nitrogens is 1. The molecule has 0 bridgehead atoms. The van der Waals surface area contributed by atoms with Gasteiger partial charge >= 0.3 is 0 Å². The molecule has 1 aromatic carbocycles. The van der Waals surface area contributed by atoms with E-state index in [2.05, 4.69) is 10.3 Å². The normalized spacial score (nSPS) is 20.9. The first-order valence-corrected chi connectivity index (χ1v) is 6.45. The summed E-state index contributed by atoms with van der Waals surface area (Å²) in [4.78, 5) is 4.49. The highest BCUT2D eigenvalue weighted by Crippen LogP contribution is 2.25. The number of oxazole rings is 1. The molecular formula is C13H15ClN2O. The maximum absolute atomic E-state index is 6.07. The fraction of sp³-hybridized carbons (Fsp3) is 0.462. The lowest BCUT2D eigenvalue weighted by atomic mass is 9.96. The van der Waals surface area contributed by atoms with Crippen LogP contribution in [0.25, 0.3) is 11.1 Å². The van der Waals surface area contributed by atoms with Crippen molar-refractivity contribution in [1.29, 1.82) is 0 Å². The number of benzene rings is 1. The Balaban J connectivity index is 1.83. The zero-order chi connectivity index (χ0) is 11.7. The van der Waals surface area contributed by atoms with E-state index in [1.165, 1.54) is 12.8 Å². The van der Waals surface area contributed by atoms with Crippen molar-refractivity contribution in [1.82, 2.24) is 10.3 Å². The summed E-state index contributed by atoms with van der Waals surface area (Å²) >= 11 is 6.07.